The van der Waals surface area contributed by atoms with Crippen molar-refractivity contribution in [3.8, 4) is 11.5 Å². The van der Waals surface area contributed by atoms with Gasteiger partial charge in [0.25, 0.3) is 0 Å². The second-order valence-corrected chi connectivity index (χ2v) is 11.6. The molecule has 41 heavy (non-hydrogen) atoms. The largest absolute Gasteiger partial charge is 0.514 e. The van der Waals surface area contributed by atoms with Gasteiger partial charge in [0.1, 0.15) is 30.0 Å². The van der Waals surface area contributed by atoms with Crippen molar-refractivity contribution in [1.82, 2.24) is 0 Å². The number of aliphatic carboxylic acids is 1. The van der Waals surface area contributed by atoms with Crippen molar-refractivity contribution >= 4 is 24.4 Å². The Kier molecular flexibility index (Phi) is 13.4. The van der Waals surface area contributed by atoms with Gasteiger partial charge in [0.05, 0.1) is 0 Å². The topological polar surface area (TPSA) is 170 Å². The number of benzene rings is 1. The van der Waals surface area contributed by atoms with Crippen LogP contribution < -0.4 is 15.2 Å². The SMILES string of the molecule is CC(CC(c1ccc(OC(=O)OC(C)C(C)C)c(OC(=O)OC(C)C(C)C)c1)[C@H](N)C(=O)O)OC(=O)OC(C)(C)C. The highest BCUT2D eigenvalue weighted by Gasteiger charge is 2.31. The van der Waals surface area contributed by atoms with Gasteiger partial charge in [-0.3, -0.25) is 4.79 Å². The fourth-order valence-corrected chi connectivity index (χ4v) is 3.23. The fourth-order valence-electron chi connectivity index (χ4n) is 3.23. The number of nitrogens with two attached hydrogens (primary N) is 1. The Morgan fingerprint density at radius 3 is 1.71 bits per heavy atom. The van der Waals surface area contributed by atoms with E-state index in [1.165, 1.54) is 18.2 Å². The molecule has 0 spiro atoms. The van der Waals surface area contributed by atoms with E-state index in [2.05, 4.69) is 0 Å². The summed E-state index contributed by atoms with van der Waals surface area (Å²) in [6.45, 7) is 17.5. The first-order valence-electron chi connectivity index (χ1n) is 13.6. The van der Waals surface area contributed by atoms with Gasteiger partial charge in [0, 0.05) is 5.92 Å². The second kappa shape index (κ2) is 15.5. The van der Waals surface area contributed by atoms with E-state index in [-0.39, 0.29) is 29.8 Å². The van der Waals surface area contributed by atoms with Crippen LogP contribution in [-0.2, 0) is 23.7 Å². The number of hydrogen-bond acceptors (Lipinski definition) is 11. The summed E-state index contributed by atoms with van der Waals surface area (Å²) in [7, 11) is 0. The quantitative estimate of drug-likeness (QED) is 0.166. The summed E-state index contributed by atoms with van der Waals surface area (Å²) in [5.41, 5.74) is 5.55. The molecule has 5 atom stereocenters. The van der Waals surface area contributed by atoms with Gasteiger partial charge in [0.2, 0.25) is 0 Å². The highest BCUT2D eigenvalue weighted by atomic mass is 16.8. The van der Waals surface area contributed by atoms with Crippen LogP contribution in [0.1, 0.15) is 87.1 Å². The molecule has 1 aromatic carbocycles. The molecule has 0 heterocycles. The Balaban J connectivity index is 3.38. The molecule has 1 aromatic rings. The van der Waals surface area contributed by atoms with Crippen molar-refractivity contribution < 1.29 is 52.7 Å². The predicted octanol–water partition coefficient (Wildman–Crippen LogP) is 6.03. The van der Waals surface area contributed by atoms with Crippen LogP contribution in [0, 0.1) is 11.8 Å². The number of carbonyl (C=O) groups is 4. The minimum Gasteiger partial charge on any atom is -0.480 e. The highest BCUT2D eigenvalue weighted by Crippen LogP contribution is 2.35. The van der Waals surface area contributed by atoms with Crippen molar-refractivity contribution in [3.05, 3.63) is 23.8 Å². The Morgan fingerprint density at radius 1 is 0.780 bits per heavy atom. The zero-order valence-electron chi connectivity index (χ0n) is 25.6. The van der Waals surface area contributed by atoms with Gasteiger partial charge in [0.15, 0.2) is 11.5 Å². The van der Waals surface area contributed by atoms with Gasteiger partial charge in [-0.1, -0.05) is 33.8 Å². The molecule has 1 rings (SSSR count). The maximum Gasteiger partial charge on any atom is 0.514 e. The molecule has 0 saturated carbocycles. The molecular formula is C29H45NO11. The molecule has 3 N–H and O–H groups in total. The van der Waals surface area contributed by atoms with Crippen LogP contribution in [0.2, 0.25) is 0 Å². The van der Waals surface area contributed by atoms with E-state index in [0.717, 1.165) is 0 Å². The van der Waals surface area contributed by atoms with Crippen LogP contribution in [-0.4, -0.2) is 59.5 Å². The van der Waals surface area contributed by atoms with Gasteiger partial charge < -0.3 is 39.3 Å². The molecule has 0 radical (unpaired) electrons. The maximum atomic E-state index is 12.6. The van der Waals surface area contributed by atoms with Gasteiger partial charge in [-0.2, -0.15) is 0 Å². The van der Waals surface area contributed by atoms with Gasteiger partial charge in [-0.05, 0) is 77.5 Å². The van der Waals surface area contributed by atoms with Crippen LogP contribution >= 0.6 is 0 Å². The molecule has 0 aliphatic rings. The first-order valence-corrected chi connectivity index (χ1v) is 13.6. The van der Waals surface area contributed by atoms with Crippen molar-refractivity contribution in [2.45, 2.75) is 112 Å². The molecule has 0 aromatic heterocycles. The molecule has 4 unspecified atom stereocenters. The second-order valence-electron chi connectivity index (χ2n) is 11.6. The van der Waals surface area contributed by atoms with Crippen molar-refractivity contribution in [1.29, 1.82) is 0 Å². The van der Waals surface area contributed by atoms with Crippen LogP contribution in [0.3, 0.4) is 0 Å². The molecule has 0 saturated heterocycles. The number of carboxylic acids is 1. The Hall–Kier alpha value is -3.54. The molecule has 0 aliphatic heterocycles. The highest BCUT2D eigenvalue weighted by molar-refractivity contribution is 5.75. The van der Waals surface area contributed by atoms with Crippen molar-refractivity contribution in [2.24, 2.45) is 17.6 Å². The average molecular weight is 584 g/mol. The fraction of sp³-hybridized carbons (Fsp3) is 0.655. The Morgan fingerprint density at radius 2 is 1.27 bits per heavy atom. The number of carbonyl (C=O) groups excluding carboxylic acids is 3. The van der Waals surface area contributed by atoms with Crippen LogP contribution in [0.15, 0.2) is 18.2 Å². The van der Waals surface area contributed by atoms with Crippen LogP contribution in [0.4, 0.5) is 14.4 Å². The molecule has 12 heteroatoms. The summed E-state index contributed by atoms with van der Waals surface area (Å²) in [4.78, 5) is 49.0. The summed E-state index contributed by atoms with van der Waals surface area (Å²) in [5, 5.41) is 9.68. The molecular weight excluding hydrogens is 538 g/mol. The predicted molar refractivity (Wildman–Crippen MR) is 149 cm³/mol. The average Bonchev–Trinajstić information content (AvgIpc) is 2.81. The summed E-state index contributed by atoms with van der Waals surface area (Å²) in [6, 6.07) is 2.69. The third-order valence-electron chi connectivity index (χ3n) is 6.22. The molecule has 0 bridgehead atoms. The zero-order valence-corrected chi connectivity index (χ0v) is 25.6. The van der Waals surface area contributed by atoms with Gasteiger partial charge >= 0.3 is 24.4 Å². The summed E-state index contributed by atoms with van der Waals surface area (Å²) < 4.78 is 31.7. The zero-order chi connectivity index (χ0) is 31.7. The Labute approximate surface area is 241 Å². The first-order chi connectivity index (χ1) is 18.8. The van der Waals surface area contributed by atoms with E-state index in [1.54, 1.807) is 41.5 Å². The van der Waals surface area contributed by atoms with E-state index >= 15 is 0 Å². The Bertz CT molecular complexity index is 1050. The standard InChI is InChI=1S/C29H45NO11/c1-15(2)18(6)37-26(33)39-22-12-11-20(14-23(22)40-27(34)38-19(7)16(3)4)21(24(30)25(31)32)13-17(5)36-28(35)41-29(8,9)10/h11-12,14-19,21,24H,13,30H2,1-10H3,(H,31,32)/t17?,18?,19?,21?,24-/m0/s1. The van der Waals surface area contributed by atoms with Gasteiger partial charge in [-0.15, -0.1) is 0 Å². The summed E-state index contributed by atoms with van der Waals surface area (Å²) in [5.74, 6) is -2.58. The lowest BCUT2D eigenvalue weighted by atomic mass is 9.87. The molecule has 0 amide bonds. The molecule has 0 aliphatic carbocycles. The van der Waals surface area contributed by atoms with Crippen molar-refractivity contribution in [2.75, 3.05) is 0 Å². The monoisotopic (exact) mass is 583 g/mol. The minimum absolute atomic E-state index is 0.00140. The molecule has 0 fully saturated rings. The van der Waals surface area contributed by atoms with E-state index < -0.39 is 60.3 Å². The summed E-state index contributed by atoms with van der Waals surface area (Å²) >= 11 is 0. The normalized spacial score (nSPS) is 15.2. The number of ether oxygens (including phenoxy) is 6. The number of rotatable bonds is 12. The summed E-state index contributed by atoms with van der Waals surface area (Å²) in [6.07, 6.45) is -4.75. The lowest BCUT2D eigenvalue weighted by molar-refractivity contribution is -0.139. The number of hydrogen-bond donors (Lipinski definition) is 2. The lowest BCUT2D eigenvalue weighted by Crippen LogP contribution is -2.38. The van der Waals surface area contributed by atoms with Gasteiger partial charge in [-0.25, -0.2) is 14.4 Å². The van der Waals surface area contributed by atoms with E-state index in [0.29, 0.717) is 5.56 Å². The molecule has 232 valence electrons. The minimum atomic E-state index is -1.43. The van der Waals surface area contributed by atoms with E-state index in [9.17, 15) is 24.3 Å². The maximum absolute atomic E-state index is 12.6. The van der Waals surface area contributed by atoms with Crippen molar-refractivity contribution in [3.63, 3.8) is 0 Å². The number of carboxylic acid groups (broad SMARTS) is 1. The van der Waals surface area contributed by atoms with Crippen LogP contribution in [0.25, 0.3) is 0 Å². The lowest BCUT2D eigenvalue weighted by Gasteiger charge is -2.26. The third-order valence-corrected chi connectivity index (χ3v) is 6.22. The van der Waals surface area contributed by atoms with E-state index in [4.69, 9.17) is 34.2 Å². The molecule has 12 nitrogen and oxygen atoms in total. The van der Waals surface area contributed by atoms with E-state index in [1.807, 2.05) is 27.7 Å². The smallest absolute Gasteiger partial charge is 0.480 e. The first kappa shape index (κ1) is 35.5. The third kappa shape index (κ3) is 12.7. The van der Waals surface area contributed by atoms with Crippen LogP contribution in [0.5, 0.6) is 11.5 Å².